The zero-order chi connectivity index (χ0) is 15.8. The highest BCUT2D eigenvalue weighted by Gasteiger charge is 2.18. The van der Waals surface area contributed by atoms with E-state index in [4.69, 9.17) is 9.47 Å². The summed E-state index contributed by atoms with van der Waals surface area (Å²) in [6.45, 7) is 6.48. The third-order valence-corrected chi connectivity index (χ3v) is 3.26. The second-order valence-corrected chi connectivity index (χ2v) is 4.81. The molecule has 0 fully saturated rings. The monoisotopic (exact) mass is 295 g/mol. The van der Waals surface area contributed by atoms with E-state index in [1.165, 1.54) is 18.2 Å². The molecule has 1 aromatic carbocycles. The lowest BCUT2D eigenvalue weighted by atomic mass is 10.1. The van der Waals surface area contributed by atoms with Crippen LogP contribution in [0.2, 0.25) is 0 Å². The van der Waals surface area contributed by atoms with Gasteiger partial charge in [-0.05, 0) is 36.3 Å². The Labute approximate surface area is 125 Å². The molecular weight excluding hydrogens is 273 g/mol. The molecule has 0 aliphatic heterocycles. The lowest BCUT2D eigenvalue weighted by Crippen LogP contribution is -2.38. The van der Waals surface area contributed by atoms with E-state index < -0.39 is 0 Å². The van der Waals surface area contributed by atoms with Crippen LogP contribution in [-0.4, -0.2) is 44.3 Å². The molecule has 0 radical (unpaired) electrons. The molecule has 0 aliphatic rings. The molecule has 116 valence electrons. The van der Waals surface area contributed by atoms with Gasteiger partial charge in [-0.25, -0.2) is 4.39 Å². The summed E-state index contributed by atoms with van der Waals surface area (Å²) in [4.78, 5) is 13.6. The molecule has 0 unspecified atom stereocenters. The van der Waals surface area contributed by atoms with Gasteiger partial charge in [0.15, 0.2) is 0 Å². The van der Waals surface area contributed by atoms with E-state index in [0.29, 0.717) is 19.7 Å². The van der Waals surface area contributed by atoms with E-state index in [1.807, 2.05) is 6.92 Å². The topological polar surface area (TPSA) is 38.8 Å². The van der Waals surface area contributed by atoms with Crippen molar-refractivity contribution in [1.82, 2.24) is 4.90 Å². The van der Waals surface area contributed by atoms with Crippen molar-refractivity contribution in [2.75, 3.05) is 27.4 Å². The van der Waals surface area contributed by atoms with Gasteiger partial charge in [-0.15, -0.1) is 0 Å². The average Bonchev–Trinajstić information content (AvgIpc) is 2.47. The van der Waals surface area contributed by atoms with Crippen LogP contribution in [0.4, 0.5) is 4.39 Å². The molecule has 0 N–H and O–H groups in total. The van der Waals surface area contributed by atoms with Gasteiger partial charge in [0.1, 0.15) is 5.82 Å². The Bertz CT molecular complexity index is 490. The highest BCUT2D eigenvalue weighted by atomic mass is 19.1. The van der Waals surface area contributed by atoms with Crippen molar-refractivity contribution in [3.05, 3.63) is 47.8 Å². The molecule has 0 saturated heterocycles. The van der Waals surface area contributed by atoms with E-state index in [-0.39, 0.29) is 17.8 Å². The summed E-state index contributed by atoms with van der Waals surface area (Å²) in [6.07, 6.45) is 1.04. The summed E-state index contributed by atoms with van der Waals surface area (Å²) in [5.74, 6) is -0.483. The number of ether oxygens (including phenoxy) is 2. The third-order valence-electron chi connectivity index (χ3n) is 3.26. The number of nitrogens with zero attached hydrogens (tertiary/aromatic N) is 1. The molecule has 0 heterocycles. The Balaban J connectivity index is 2.87. The van der Waals surface area contributed by atoms with Crippen LogP contribution in [0.1, 0.15) is 11.1 Å². The summed E-state index contributed by atoms with van der Waals surface area (Å²) >= 11 is 0. The van der Waals surface area contributed by atoms with Crippen LogP contribution in [0.15, 0.2) is 30.9 Å². The zero-order valence-electron chi connectivity index (χ0n) is 12.8. The lowest BCUT2D eigenvalue weighted by molar-refractivity contribution is -0.129. The Hall–Kier alpha value is -1.72. The van der Waals surface area contributed by atoms with E-state index in [0.717, 1.165) is 11.1 Å². The van der Waals surface area contributed by atoms with Crippen molar-refractivity contribution in [2.45, 2.75) is 19.6 Å². The van der Waals surface area contributed by atoms with Crippen molar-refractivity contribution < 1.29 is 18.7 Å². The smallest absolute Gasteiger partial charge is 0.246 e. The molecule has 1 atom stereocenters. The number of halogens is 1. The molecule has 21 heavy (non-hydrogen) atoms. The van der Waals surface area contributed by atoms with Crippen LogP contribution in [-0.2, 0) is 20.8 Å². The highest BCUT2D eigenvalue weighted by Crippen LogP contribution is 2.14. The third kappa shape index (κ3) is 5.28. The van der Waals surface area contributed by atoms with Crippen LogP contribution in [0.5, 0.6) is 0 Å². The van der Waals surface area contributed by atoms with E-state index >= 15 is 0 Å². The molecule has 0 saturated carbocycles. The van der Waals surface area contributed by atoms with Gasteiger partial charge in [0.2, 0.25) is 5.91 Å². The van der Waals surface area contributed by atoms with Gasteiger partial charge in [-0.2, -0.15) is 0 Å². The number of carbonyl (C=O) groups is 1. The summed E-state index contributed by atoms with van der Waals surface area (Å²) in [6, 6.07) is 4.53. The van der Waals surface area contributed by atoms with Crippen LogP contribution in [0, 0.1) is 12.7 Å². The number of carbonyl (C=O) groups excluding carboxylic acids is 1. The number of benzene rings is 1. The Kier molecular flexibility index (Phi) is 7.05. The fourth-order valence-corrected chi connectivity index (χ4v) is 2.03. The molecule has 0 bridgehead atoms. The first-order valence-corrected chi connectivity index (χ1v) is 6.70. The van der Waals surface area contributed by atoms with Gasteiger partial charge >= 0.3 is 0 Å². The normalized spacial score (nSPS) is 12.0. The van der Waals surface area contributed by atoms with Crippen molar-refractivity contribution >= 4 is 5.91 Å². The Morgan fingerprint density at radius 2 is 2.19 bits per heavy atom. The minimum Gasteiger partial charge on any atom is -0.382 e. The lowest BCUT2D eigenvalue weighted by Gasteiger charge is -2.26. The van der Waals surface area contributed by atoms with E-state index in [2.05, 4.69) is 6.58 Å². The van der Waals surface area contributed by atoms with Crippen LogP contribution < -0.4 is 0 Å². The SMILES string of the molecule is C=CC(=O)N(Cc1ccc(F)cc1C)C[C@H](COC)OC. The van der Waals surface area contributed by atoms with E-state index in [1.54, 1.807) is 25.2 Å². The number of hydrogen-bond acceptors (Lipinski definition) is 3. The van der Waals surface area contributed by atoms with Gasteiger partial charge in [-0.3, -0.25) is 4.79 Å². The van der Waals surface area contributed by atoms with Crippen molar-refractivity contribution in [3.8, 4) is 0 Å². The summed E-state index contributed by atoms with van der Waals surface area (Å²) in [5, 5.41) is 0. The first-order chi connectivity index (χ1) is 10.0. The first kappa shape index (κ1) is 17.3. The Morgan fingerprint density at radius 3 is 2.71 bits per heavy atom. The van der Waals surface area contributed by atoms with Crippen LogP contribution in [0.25, 0.3) is 0 Å². The number of aryl methyl sites for hydroxylation is 1. The predicted octanol–water partition coefficient (Wildman–Crippen LogP) is 2.31. The predicted molar refractivity (Wildman–Crippen MR) is 79.4 cm³/mol. The molecule has 1 aromatic rings. The van der Waals surface area contributed by atoms with Crippen molar-refractivity contribution in [3.63, 3.8) is 0 Å². The van der Waals surface area contributed by atoms with E-state index in [9.17, 15) is 9.18 Å². The molecule has 4 nitrogen and oxygen atoms in total. The summed E-state index contributed by atoms with van der Waals surface area (Å²) in [7, 11) is 3.15. The van der Waals surface area contributed by atoms with Crippen molar-refractivity contribution in [2.24, 2.45) is 0 Å². The largest absolute Gasteiger partial charge is 0.382 e. The van der Waals surface area contributed by atoms with Gasteiger partial charge in [0.25, 0.3) is 0 Å². The first-order valence-electron chi connectivity index (χ1n) is 6.70. The van der Waals surface area contributed by atoms with Crippen LogP contribution >= 0.6 is 0 Å². The fraction of sp³-hybridized carbons (Fsp3) is 0.438. The second kappa shape index (κ2) is 8.54. The maximum Gasteiger partial charge on any atom is 0.246 e. The molecule has 0 spiro atoms. The van der Waals surface area contributed by atoms with Crippen molar-refractivity contribution in [1.29, 1.82) is 0 Å². The van der Waals surface area contributed by atoms with Gasteiger partial charge in [0.05, 0.1) is 12.7 Å². The maximum atomic E-state index is 13.1. The van der Waals surface area contributed by atoms with Gasteiger partial charge < -0.3 is 14.4 Å². The maximum absolute atomic E-state index is 13.1. The highest BCUT2D eigenvalue weighted by molar-refractivity contribution is 5.87. The molecule has 0 aliphatic carbocycles. The van der Waals surface area contributed by atoms with Gasteiger partial charge in [-0.1, -0.05) is 12.6 Å². The number of amides is 1. The quantitative estimate of drug-likeness (QED) is 0.691. The number of rotatable bonds is 8. The molecule has 5 heteroatoms. The minimum absolute atomic E-state index is 0.197. The Morgan fingerprint density at radius 1 is 1.48 bits per heavy atom. The fourth-order valence-electron chi connectivity index (χ4n) is 2.03. The number of hydrogen-bond donors (Lipinski definition) is 0. The standard InChI is InChI=1S/C16H22FNO3/c1-5-16(19)18(10-15(21-4)11-20-3)9-13-6-7-14(17)8-12(13)2/h5-8,15H,1,9-11H2,2-4H3/t15-/m1/s1. The molecule has 0 aromatic heterocycles. The summed E-state index contributed by atoms with van der Waals surface area (Å²) in [5.41, 5.74) is 1.69. The summed E-state index contributed by atoms with van der Waals surface area (Å²) < 4.78 is 23.5. The zero-order valence-corrected chi connectivity index (χ0v) is 12.8. The van der Waals surface area contributed by atoms with Crippen LogP contribution in [0.3, 0.4) is 0 Å². The molecular formula is C16H22FNO3. The number of methoxy groups -OCH3 is 2. The molecule has 1 rings (SSSR count). The van der Waals surface area contributed by atoms with Gasteiger partial charge in [0, 0.05) is 27.3 Å². The minimum atomic E-state index is -0.285. The average molecular weight is 295 g/mol. The second-order valence-electron chi connectivity index (χ2n) is 4.81. The molecule has 1 amide bonds.